The fourth-order valence-electron chi connectivity index (χ4n) is 1.84. The molecule has 0 aliphatic carbocycles. The number of hydrogen-bond donors (Lipinski definition) is 1. The molecule has 0 aromatic heterocycles. The molecule has 0 radical (unpaired) electrons. The van der Waals surface area contributed by atoms with Crippen LogP contribution in [0.1, 0.15) is 18.5 Å². The molecule has 0 heterocycles. The van der Waals surface area contributed by atoms with Crippen LogP contribution in [0.2, 0.25) is 0 Å². The minimum Gasteiger partial charge on any atom is -0.383 e. The minimum atomic E-state index is 0.395. The summed E-state index contributed by atoms with van der Waals surface area (Å²) in [6.07, 6.45) is 2.10. The van der Waals surface area contributed by atoms with Crippen LogP contribution in [0.5, 0.6) is 0 Å². The van der Waals surface area contributed by atoms with Crippen LogP contribution in [-0.2, 0) is 4.74 Å². The van der Waals surface area contributed by atoms with Crippen molar-refractivity contribution in [1.82, 2.24) is 10.2 Å². The highest BCUT2D eigenvalue weighted by molar-refractivity contribution is 7.98. The first-order valence-electron chi connectivity index (χ1n) is 6.72. The number of nitrogens with one attached hydrogen (secondary N) is 1. The number of methoxy groups -OCH3 is 1. The monoisotopic (exact) mass is 282 g/mol. The second kappa shape index (κ2) is 9.37. The van der Waals surface area contributed by atoms with Crippen LogP contribution in [-0.4, -0.2) is 51.6 Å². The van der Waals surface area contributed by atoms with Gasteiger partial charge in [-0.1, -0.05) is 12.1 Å². The maximum absolute atomic E-state index is 5.07. The molecule has 1 unspecified atom stereocenters. The first-order chi connectivity index (χ1) is 9.17. The van der Waals surface area contributed by atoms with Crippen molar-refractivity contribution in [3.8, 4) is 0 Å². The van der Waals surface area contributed by atoms with Gasteiger partial charge in [-0.15, -0.1) is 11.8 Å². The average molecular weight is 282 g/mol. The van der Waals surface area contributed by atoms with Crippen molar-refractivity contribution in [2.75, 3.05) is 46.7 Å². The number of nitrogens with zero attached hydrogens (tertiary/aromatic N) is 1. The number of benzene rings is 1. The molecule has 1 aromatic carbocycles. The van der Waals surface area contributed by atoms with Crippen molar-refractivity contribution in [1.29, 1.82) is 0 Å². The Hall–Kier alpha value is -0.550. The Bertz CT molecular complexity index is 343. The summed E-state index contributed by atoms with van der Waals surface area (Å²) in [5, 5.41) is 3.55. The van der Waals surface area contributed by atoms with Gasteiger partial charge >= 0.3 is 0 Å². The van der Waals surface area contributed by atoms with Crippen molar-refractivity contribution in [2.24, 2.45) is 0 Å². The number of rotatable bonds is 9. The first kappa shape index (κ1) is 16.5. The molecule has 0 saturated carbocycles. The summed E-state index contributed by atoms with van der Waals surface area (Å²) in [4.78, 5) is 3.59. The van der Waals surface area contributed by atoms with E-state index in [2.05, 4.69) is 54.7 Å². The Balaban J connectivity index is 2.28. The van der Waals surface area contributed by atoms with Crippen molar-refractivity contribution < 1.29 is 4.74 Å². The van der Waals surface area contributed by atoms with Crippen LogP contribution in [0, 0.1) is 0 Å². The number of hydrogen-bond acceptors (Lipinski definition) is 4. The van der Waals surface area contributed by atoms with Crippen LogP contribution in [0.25, 0.3) is 0 Å². The highest BCUT2D eigenvalue weighted by Gasteiger charge is 2.05. The fourth-order valence-corrected chi connectivity index (χ4v) is 2.25. The molecule has 1 atom stereocenters. The summed E-state index contributed by atoms with van der Waals surface area (Å²) in [5.74, 6) is 0. The molecule has 0 aliphatic heterocycles. The van der Waals surface area contributed by atoms with Gasteiger partial charge in [-0.25, -0.2) is 0 Å². The normalized spacial score (nSPS) is 12.9. The summed E-state index contributed by atoms with van der Waals surface area (Å²) < 4.78 is 5.07. The SMILES string of the molecule is COCCN(C)CCNC(C)c1ccc(SC)cc1. The topological polar surface area (TPSA) is 24.5 Å². The predicted octanol–water partition coefficient (Wildman–Crippen LogP) is 2.64. The molecule has 1 rings (SSSR count). The van der Waals surface area contributed by atoms with E-state index in [4.69, 9.17) is 4.74 Å². The zero-order valence-electron chi connectivity index (χ0n) is 12.5. The quantitative estimate of drug-likeness (QED) is 0.704. The lowest BCUT2D eigenvalue weighted by molar-refractivity contribution is 0.161. The largest absolute Gasteiger partial charge is 0.383 e. The molecule has 0 amide bonds. The smallest absolute Gasteiger partial charge is 0.0589 e. The molecular weight excluding hydrogens is 256 g/mol. The van der Waals surface area contributed by atoms with Crippen molar-refractivity contribution in [3.63, 3.8) is 0 Å². The van der Waals surface area contributed by atoms with E-state index in [9.17, 15) is 0 Å². The summed E-state index contributed by atoms with van der Waals surface area (Å²) in [6.45, 7) is 6.02. The Kier molecular flexibility index (Phi) is 8.14. The van der Waals surface area contributed by atoms with Gasteiger partial charge in [-0.3, -0.25) is 0 Å². The van der Waals surface area contributed by atoms with Crippen molar-refractivity contribution in [2.45, 2.75) is 17.9 Å². The van der Waals surface area contributed by atoms with Gasteiger partial charge in [0.25, 0.3) is 0 Å². The van der Waals surface area contributed by atoms with E-state index in [1.165, 1.54) is 10.5 Å². The second-order valence-electron chi connectivity index (χ2n) is 4.75. The van der Waals surface area contributed by atoms with E-state index >= 15 is 0 Å². The van der Waals surface area contributed by atoms with Gasteiger partial charge in [-0.05, 0) is 37.9 Å². The summed E-state index contributed by atoms with van der Waals surface area (Å²) in [5.41, 5.74) is 1.34. The van der Waals surface area contributed by atoms with E-state index < -0.39 is 0 Å². The second-order valence-corrected chi connectivity index (χ2v) is 5.62. The molecule has 0 spiro atoms. The van der Waals surface area contributed by atoms with Gasteiger partial charge in [0.15, 0.2) is 0 Å². The van der Waals surface area contributed by atoms with Crippen LogP contribution >= 0.6 is 11.8 Å². The third kappa shape index (κ3) is 6.43. The Labute approximate surface area is 121 Å². The Morgan fingerprint density at radius 1 is 1.26 bits per heavy atom. The molecule has 19 heavy (non-hydrogen) atoms. The molecule has 0 bridgehead atoms. The number of ether oxygens (including phenoxy) is 1. The van der Waals surface area contributed by atoms with Gasteiger partial charge in [0.1, 0.15) is 0 Å². The van der Waals surface area contributed by atoms with Crippen molar-refractivity contribution >= 4 is 11.8 Å². The average Bonchev–Trinajstić information content (AvgIpc) is 2.45. The predicted molar refractivity (Wildman–Crippen MR) is 84.0 cm³/mol. The molecule has 0 fully saturated rings. The van der Waals surface area contributed by atoms with Crippen LogP contribution in [0.4, 0.5) is 0 Å². The number of likely N-dealkylation sites (N-methyl/N-ethyl adjacent to an activating group) is 1. The van der Waals surface area contributed by atoms with E-state index in [0.717, 1.165) is 26.2 Å². The molecule has 0 saturated heterocycles. The molecule has 3 nitrogen and oxygen atoms in total. The van der Waals surface area contributed by atoms with E-state index in [1.807, 2.05) is 0 Å². The maximum Gasteiger partial charge on any atom is 0.0589 e. The maximum atomic E-state index is 5.07. The third-order valence-electron chi connectivity index (χ3n) is 3.24. The molecular formula is C15H26N2OS. The zero-order chi connectivity index (χ0) is 14.1. The lowest BCUT2D eigenvalue weighted by Gasteiger charge is -2.19. The van der Waals surface area contributed by atoms with Gasteiger partial charge in [0.05, 0.1) is 6.61 Å². The lowest BCUT2D eigenvalue weighted by Crippen LogP contribution is -2.32. The van der Waals surface area contributed by atoms with Crippen molar-refractivity contribution in [3.05, 3.63) is 29.8 Å². The summed E-state index contributed by atoms with van der Waals surface area (Å²) >= 11 is 1.78. The van der Waals surface area contributed by atoms with Gasteiger partial charge in [0, 0.05) is 37.7 Å². The van der Waals surface area contributed by atoms with Crippen LogP contribution < -0.4 is 5.32 Å². The summed E-state index contributed by atoms with van der Waals surface area (Å²) in [7, 11) is 3.87. The summed E-state index contributed by atoms with van der Waals surface area (Å²) in [6, 6.07) is 9.17. The highest BCUT2D eigenvalue weighted by Crippen LogP contribution is 2.18. The van der Waals surface area contributed by atoms with E-state index in [-0.39, 0.29) is 0 Å². The third-order valence-corrected chi connectivity index (χ3v) is 3.98. The van der Waals surface area contributed by atoms with Crippen LogP contribution in [0.15, 0.2) is 29.2 Å². The Morgan fingerprint density at radius 2 is 1.95 bits per heavy atom. The first-order valence-corrected chi connectivity index (χ1v) is 7.94. The molecule has 1 aromatic rings. The van der Waals surface area contributed by atoms with E-state index in [1.54, 1.807) is 18.9 Å². The van der Waals surface area contributed by atoms with Gasteiger partial charge in [0.2, 0.25) is 0 Å². The standard InChI is InChI=1S/C15H26N2OS/c1-13(14-5-7-15(19-4)8-6-14)16-9-10-17(2)11-12-18-3/h5-8,13,16H,9-12H2,1-4H3. The van der Waals surface area contributed by atoms with Gasteiger partial charge < -0.3 is 15.0 Å². The zero-order valence-corrected chi connectivity index (χ0v) is 13.3. The van der Waals surface area contributed by atoms with Gasteiger partial charge in [-0.2, -0.15) is 0 Å². The molecule has 4 heteroatoms. The van der Waals surface area contributed by atoms with E-state index in [0.29, 0.717) is 6.04 Å². The highest BCUT2D eigenvalue weighted by atomic mass is 32.2. The lowest BCUT2D eigenvalue weighted by atomic mass is 10.1. The molecule has 108 valence electrons. The number of thioether (sulfide) groups is 1. The fraction of sp³-hybridized carbons (Fsp3) is 0.600. The minimum absolute atomic E-state index is 0.395. The Morgan fingerprint density at radius 3 is 2.53 bits per heavy atom. The molecule has 1 N–H and O–H groups in total. The van der Waals surface area contributed by atoms with Crippen LogP contribution in [0.3, 0.4) is 0 Å². The molecule has 0 aliphatic rings.